The monoisotopic (exact) mass is 467 g/mol. The van der Waals surface area contributed by atoms with Crippen LogP contribution in [0.3, 0.4) is 0 Å². The van der Waals surface area contributed by atoms with Crippen LogP contribution >= 0.6 is 0 Å². The van der Waals surface area contributed by atoms with E-state index in [0.29, 0.717) is 60.5 Å². The molecule has 0 saturated carbocycles. The van der Waals surface area contributed by atoms with Crippen molar-refractivity contribution in [1.29, 1.82) is 5.26 Å². The van der Waals surface area contributed by atoms with Crippen molar-refractivity contribution in [3.8, 4) is 6.07 Å². The summed E-state index contributed by atoms with van der Waals surface area (Å²) >= 11 is 0. The number of aromatic nitrogens is 5. The third-order valence-electron chi connectivity index (χ3n) is 5.41. The molecule has 0 bridgehead atoms. The van der Waals surface area contributed by atoms with Gasteiger partial charge in [0.05, 0.1) is 43.9 Å². The molecule has 1 aromatic carbocycles. The van der Waals surface area contributed by atoms with Crippen LogP contribution in [-0.4, -0.2) is 62.8 Å². The molecule has 0 unspecified atom stereocenters. The molecule has 1 saturated heterocycles. The Morgan fingerprint density at radius 2 is 2.06 bits per heavy atom. The number of ether oxygens (including phenoxy) is 1. The van der Waals surface area contributed by atoms with Crippen LogP contribution in [0.2, 0.25) is 0 Å². The van der Waals surface area contributed by atoms with Crippen molar-refractivity contribution in [1.82, 2.24) is 24.5 Å². The van der Waals surface area contributed by atoms with Crippen molar-refractivity contribution in [3.05, 3.63) is 71.8 Å². The molecule has 174 valence electrons. The number of carbonyl (C=O) groups excluding carboxylic acids is 1. The van der Waals surface area contributed by atoms with Crippen LogP contribution in [0.1, 0.15) is 21.6 Å². The van der Waals surface area contributed by atoms with Crippen molar-refractivity contribution in [3.63, 3.8) is 0 Å². The number of nitrogens with zero attached hydrogens (tertiary/aromatic N) is 8. The number of imidazole rings is 1. The Bertz CT molecular complexity index is 1420. The van der Waals surface area contributed by atoms with Gasteiger partial charge in [0, 0.05) is 19.3 Å². The lowest BCUT2D eigenvalue weighted by Gasteiger charge is -2.27. The molecule has 11 nitrogen and oxygen atoms in total. The second-order valence-electron chi connectivity index (χ2n) is 7.76. The summed E-state index contributed by atoms with van der Waals surface area (Å²) in [6.45, 7) is 2.49. The zero-order valence-corrected chi connectivity index (χ0v) is 18.7. The van der Waals surface area contributed by atoms with E-state index >= 15 is 0 Å². The summed E-state index contributed by atoms with van der Waals surface area (Å²) in [7, 11) is 0. The highest BCUT2D eigenvalue weighted by molar-refractivity contribution is 5.95. The lowest BCUT2D eigenvalue weighted by molar-refractivity contribution is 0.0968. The lowest BCUT2D eigenvalue weighted by atomic mass is 10.1. The molecule has 3 aromatic heterocycles. The Balaban J connectivity index is 1.47. The molecule has 0 amide bonds. The fraction of sp³-hybridized carbons (Fsp3) is 0.208. The maximum atomic E-state index is 12.8. The Morgan fingerprint density at radius 1 is 1.17 bits per heavy atom. The van der Waals surface area contributed by atoms with Crippen LogP contribution in [0.5, 0.6) is 0 Å². The lowest BCUT2D eigenvalue weighted by Crippen LogP contribution is -2.37. The average molecular weight is 467 g/mol. The first-order valence-electron chi connectivity index (χ1n) is 11.0. The van der Waals surface area contributed by atoms with E-state index < -0.39 is 0 Å². The van der Waals surface area contributed by atoms with Crippen LogP contribution in [0.25, 0.3) is 11.2 Å². The minimum absolute atomic E-state index is 0.0384. The fourth-order valence-electron chi connectivity index (χ4n) is 3.65. The standard InChI is InChI=1S/C24H21N9O2/c25-13-17-4-3-5-18(12-17)14-28-31-22-21-23(30-24(29-22)32-8-10-35-11-9-32)33(16-27-21)15-20(34)19-6-1-2-7-26-19/h1-7,12,14,16H,8-11,15H2,(H,29,30,31)/b28-14+. The Morgan fingerprint density at radius 3 is 2.86 bits per heavy atom. The number of nitrogens with one attached hydrogen (secondary N) is 1. The maximum absolute atomic E-state index is 12.8. The molecule has 4 aromatic rings. The van der Waals surface area contributed by atoms with Gasteiger partial charge in [0.1, 0.15) is 5.69 Å². The summed E-state index contributed by atoms with van der Waals surface area (Å²) < 4.78 is 7.14. The minimum Gasteiger partial charge on any atom is -0.378 e. The van der Waals surface area contributed by atoms with E-state index in [0.717, 1.165) is 5.56 Å². The normalized spacial score (nSPS) is 13.7. The first-order chi connectivity index (χ1) is 17.2. The van der Waals surface area contributed by atoms with Gasteiger partial charge in [0.15, 0.2) is 17.0 Å². The van der Waals surface area contributed by atoms with Gasteiger partial charge in [-0.25, -0.2) is 4.98 Å². The van der Waals surface area contributed by atoms with Crippen molar-refractivity contribution in [2.24, 2.45) is 5.10 Å². The van der Waals surface area contributed by atoms with E-state index in [1.807, 2.05) is 11.0 Å². The number of carbonyl (C=O) groups is 1. The summed E-state index contributed by atoms with van der Waals surface area (Å²) in [5, 5.41) is 13.4. The highest BCUT2D eigenvalue weighted by Crippen LogP contribution is 2.23. The van der Waals surface area contributed by atoms with Gasteiger partial charge < -0.3 is 14.2 Å². The van der Waals surface area contributed by atoms with E-state index in [1.54, 1.807) is 59.7 Å². The number of anilines is 2. The topological polar surface area (TPSA) is 134 Å². The summed E-state index contributed by atoms with van der Waals surface area (Å²) in [5.74, 6) is 0.756. The van der Waals surface area contributed by atoms with Gasteiger partial charge in [-0.1, -0.05) is 18.2 Å². The highest BCUT2D eigenvalue weighted by Gasteiger charge is 2.20. The van der Waals surface area contributed by atoms with Crippen LogP contribution in [0.4, 0.5) is 11.8 Å². The number of ketones is 1. The van der Waals surface area contributed by atoms with Gasteiger partial charge in [-0.15, -0.1) is 0 Å². The molecule has 1 aliphatic heterocycles. The first-order valence-corrected chi connectivity index (χ1v) is 11.0. The number of rotatable bonds is 7. The van der Waals surface area contributed by atoms with Crippen molar-refractivity contribution < 1.29 is 9.53 Å². The second-order valence-corrected chi connectivity index (χ2v) is 7.76. The molecule has 35 heavy (non-hydrogen) atoms. The third kappa shape index (κ3) is 4.97. The van der Waals surface area contributed by atoms with Gasteiger partial charge in [0.2, 0.25) is 11.7 Å². The predicted octanol–water partition coefficient (Wildman–Crippen LogP) is 2.26. The molecule has 1 fully saturated rings. The van der Waals surface area contributed by atoms with Crippen LogP contribution in [-0.2, 0) is 11.3 Å². The molecule has 1 aliphatic rings. The SMILES string of the molecule is N#Cc1cccc(/C=N/Nc2nc(N3CCOCC3)nc3c2ncn3CC(=O)c2ccccn2)c1. The number of fused-ring (bicyclic) bond motifs is 1. The number of morpholine rings is 1. The summed E-state index contributed by atoms with van der Waals surface area (Å²) in [5.41, 5.74) is 5.64. The van der Waals surface area contributed by atoms with Crippen molar-refractivity contribution in [2.45, 2.75) is 6.54 Å². The smallest absolute Gasteiger partial charge is 0.229 e. The summed E-state index contributed by atoms with van der Waals surface area (Å²) in [6, 6.07) is 14.4. The molecule has 0 spiro atoms. The molecule has 11 heteroatoms. The zero-order valence-electron chi connectivity index (χ0n) is 18.7. The zero-order chi connectivity index (χ0) is 24.0. The van der Waals surface area contributed by atoms with Crippen LogP contribution < -0.4 is 10.3 Å². The Kier molecular flexibility index (Phi) is 6.36. The van der Waals surface area contributed by atoms with E-state index in [4.69, 9.17) is 15.0 Å². The summed E-state index contributed by atoms with van der Waals surface area (Å²) in [4.78, 5) is 32.7. The van der Waals surface area contributed by atoms with E-state index in [-0.39, 0.29) is 12.3 Å². The second kappa shape index (κ2) is 10.1. The van der Waals surface area contributed by atoms with Crippen LogP contribution in [0, 0.1) is 11.3 Å². The average Bonchev–Trinajstić information content (AvgIpc) is 3.32. The Hall–Kier alpha value is -4.69. The van der Waals surface area contributed by atoms with E-state index in [1.165, 1.54) is 0 Å². The number of nitriles is 1. The van der Waals surface area contributed by atoms with Crippen LogP contribution in [0.15, 0.2) is 60.1 Å². The van der Waals surface area contributed by atoms with Crippen molar-refractivity contribution >= 4 is 34.9 Å². The predicted molar refractivity (Wildman–Crippen MR) is 129 cm³/mol. The van der Waals surface area contributed by atoms with Gasteiger partial charge >= 0.3 is 0 Å². The number of benzene rings is 1. The molecule has 1 N–H and O–H groups in total. The number of Topliss-reactive ketones (excluding diaryl/α,β-unsaturated/α-hetero) is 1. The number of hydrogen-bond acceptors (Lipinski definition) is 10. The Labute approximate surface area is 200 Å². The molecule has 0 aliphatic carbocycles. The molecule has 5 rings (SSSR count). The molecule has 4 heterocycles. The van der Waals surface area contributed by atoms with Crippen molar-refractivity contribution in [2.75, 3.05) is 36.6 Å². The van der Waals surface area contributed by atoms with Gasteiger partial charge in [0.25, 0.3) is 0 Å². The highest BCUT2D eigenvalue weighted by atomic mass is 16.5. The minimum atomic E-state index is -0.152. The molecule has 0 atom stereocenters. The van der Waals surface area contributed by atoms with E-state index in [2.05, 4.69) is 31.5 Å². The first kappa shape index (κ1) is 22.1. The fourth-order valence-corrected chi connectivity index (χ4v) is 3.65. The maximum Gasteiger partial charge on any atom is 0.229 e. The van der Waals surface area contributed by atoms with E-state index in [9.17, 15) is 4.79 Å². The largest absolute Gasteiger partial charge is 0.378 e. The number of hydrazone groups is 1. The van der Waals surface area contributed by atoms with Gasteiger partial charge in [-0.3, -0.25) is 15.2 Å². The molecular weight excluding hydrogens is 446 g/mol. The molecule has 0 radical (unpaired) electrons. The third-order valence-corrected chi connectivity index (χ3v) is 5.41. The summed E-state index contributed by atoms with van der Waals surface area (Å²) in [6.07, 6.45) is 4.75. The van der Waals surface area contributed by atoms with Gasteiger partial charge in [-0.05, 0) is 29.8 Å². The quantitative estimate of drug-likeness (QED) is 0.247. The molecular formula is C24H21N9O2. The van der Waals surface area contributed by atoms with Gasteiger partial charge in [-0.2, -0.15) is 20.3 Å². The number of pyridine rings is 1. The number of hydrogen-bond donors (Lipinski definition) is 1.